The third kappa shape index (κ3) is 6.27. The van der Waals surface area contributed by atoms with Gasteiger partial charge >= 0.3 is 13.8 Å². The number of esters is 1. The lowest BCUT2D eigenvalue weighted by Crippen LogP contribution is -2.26. The van der Waals surface area contributed by atoms with Crippen molar-refractivity contribution in [1.29, 1.82) is 0 Å². The van der Waals surface area contributed by atoms with Crippen molar-refractivity contribution in [2.24, 2.45) is 5.92 Å². The minimum absolute atomic E-state index is 0.0845. The van der Waals surface area contributed by atoms with E-state index in [0.717, 1.165) is 11.1 Å². The van der Waals surface area contributed by atoms with Crippen LogP contribution in [0.25, 0.3) is 0 Å². The first-order chi connectivity index (χ1) is 10.8. The summed E-state index contributed by atoms with van der Waals surface area (Å²) in [4.78, 5) is 30.4. The minimum atomic E-state index is -4.70. The molecule has 7 heteroatoms. The Morgan fingerprint density at radius 2 is 1.83 bits per heavy atom. The maximum Gasteiger partial charge on any atom is 0.524 e. The summed E-state index contributed by atoms with van der Waals surface area (Å²) in [6.07, 6.45) is 0.0845. The first-order valence-corrected chi connectivity index (χ1v) is 9.37. The molecule has 0 saturated carbocycles. The Kier molecular flexibility index (Phi) is 6.62. The summed E-state index contributed by atoms with van der Waals surface area (Å²) in [5.41, 5.74) is 1.52. The maximum absolute atomic E-state index is 12.1. The summed E-state index contributed by atoms with van der Waals surface area (Å²) < 4.78 is 21.4. The minimum Gasteiger partial charge on any atom is -0.465 e. The van der Waals surface area contributed by atoms with Crippen LogP contribution in [0, 0.1) is 19.8 Å². The summed E-state index contributed by atoms with van der Waals surface area (Å²) in [5, 5.41) is 0. The summed E-state index contributed by atoms with van der Waals surface area (Å²) >= 11 is 0. The van der Waals surface area contributed by atoms with Crippen molar-refractivity contribution < 1.29 is 28.4 Å². The Morgan fingerprint density at radius 1 is 1.25 bits per heavy atom. The summed E-state index contributed by atoms with van der Waals surface area (Å²) in [5.74, 6) is -0.00924. The van der Waals surface area contributed by atoms with Gasteiger partial charge in [0.2, 0.25) is 0 Å². The second-order valence-corrected chi connectivity index (χ2v) is 8.34. The van der Waals surface area contributed by atoms with Gasteiger partial charge in [-0.25, -0.2) is 4.57 Å². The lowest BCUT2D eigenvalue weighted by Gasteiger charge is -2.29. The van der Waals surface area contributed by atoms with Crippen LogP contribution in [0.15, 0.2) is 12.1 Å². The molecule has 136 valence electrons. The maximum atomic E-state index is 12.1. The molecule has 1 aromatic carbocycles. The third-order valence-electron chi connectivity index (χ3n) is 3.50. The van der Waals surface area contributed by atoms with Crippen LogP contribution in [0.2, 0.25) is 0 Å². The molecule has 0 bridgehead atoms. The molecule has 0 unspecified atom stereocenters. The number of aryl methyl sites for hydroxylation is 2. The van der Waals surface area contributed by atoms with E-state index in [-0.39, 0.29) is 24.1 Å². The Morgan fingerprint density at radius 3 is 2.33 bits per heavy atom. The average Bonchev–Trinajstić information content (AvgIpc) is 2.32. The van der Waals surface area contributed by atoms with Crippen LogP contribution in [0.1, 0.15) is 50.8 Å². The van der Waals surface area contributed by atoms with Gasteiger partial charge in [-0.2, -0.15) is 0 Å². The number of hydrogen-bond donors (Lipinski definition) is 2. The Labute approximate surface area is 143 Å². The van der Waals surface area contributed by atoms with Crippen LogP contribution in [-0.2, 0) is 19.5 Å². The zero-order valence-electron chi connectivity index (χ0n) is 15.1. The zero-order valence-corrected chi connectivity index (χ0v) is 16.0. The quantitative estimate of drug-likeness (QED) is 0.571. The number of ether oxygens (including phenoxy) is 1. The van der Waals surface area contributed by atoms with E-state index in [4.69, 9.17) is 19.0 Å². The molecule has 2 N–H and O–H groups in total. The van der Waals surface area contributed by atoms with Crippen molar-refractivity contribution in [3.05, 3.63) is 28.8 Å². The molecule has 0 heterocycles. The number of benzene rings is 1. The molecule has 0 saturated heterocycles. The summed E-state index contributed by atoms with van der Waals surface area (Å²) in [6.45, 7) is 11.5. The van der Waals surface area contributed by atoms with Crippen molar-refractivity contribution >= 4 is 13.8 Å². The molecule has 0 aliphatic rings. The zero-order chi connectivity index (χ0) is 18.7. The highest BCUT2D eigenvalue weighted by Crippen LogP contribution is 2.45. The summed E-state index contributed by atoms with van der Waals surface area (Å²) in [7, 11) is -4.70. The van der Waals surface area contributed by atoms with E-state index in [9.17, 15) is 9.36 Å². The van der Waals surface area contributed by atoms with Crippen molar-refractivity contribution in [2.45, 2.75) is 53.4 Å². The smallest absolute Gasteiger partial charge is 0.465 e. The van der Waals surface area contributed by atoms with Gasteiger partial charge in [0.05, 0.1) is 13.0 Å². The van der Waals surface area contributed by atoms with Crippen molar-refractivity contribution in [2.75, 3.05) is 6.61 Å². The van der Waals surface area contributed by atoms with E-state index in [2.05, 4.69) is 0 Å². The van der Waals surface area contributed by atoms with Gasteiger partial charge in [-0.3, -0.25) is 14.6 Å². The third-order valence-corrected chi connectivity index (χ3v) is 3.94. The van der Waals surface area contributed by atoms with Gasteiger partial charge in [0.25, 0.3) is 0 Å². The molecular weight excluding hydrogens is 331 g/mol. The van der Waals surface area contributed by atoms with Crippen LogP contribution in [0.3, 0.4) is 0 Å². The first-order valence-electron chi connectivity index (χ1n) is 7.84. The lowest BCUT2D eigenvalue weighted by atomic mass is 9.78. The number of hydrogen-bond acceptors (Lipinski definition) is 4. The van der Waals surface area contributed by atoms with E-state index < -0.39 is 13.2 Å². The van der Waals surface area contributed by atoms with Gasteiger partial charge in [-0.15, -0.1) is 0 Å². The van der Waals surface area contributed by atoms with Crippen LogP contribution in [0.5, 0.6) is 5.75 Å². The van der Waals surface area contributed by atoms with Gasteiger partial charge in [-0.05, 0) is 37.0 Å². The van der Waals surface area contributed by atoms with Gasteiger partial charge in [0, 0.05) is 11.0 Å². The molecule has 0 aromatic heterocycles. The molecule has 0 aliphatic carbocycles. The van der Waals surface area contributed by atoms with Gasteiger partial charge in [-0.1, -0.05) is 33.8 Å². The Bertz CT molecular complexity index is 645. The Balaban J connectivity index is 3.17. The molecule has 0 spiro atoms. The van der Waals surface area contributed by atoms with E-state index in [1.165, 1.54) is 0 Å². The number of rotatable bonds is 7. The van der Waals surface area contributed by atoms with Crippen molar-refractivity contribution in [3.63, 3.8) is 0 Å². The van der Waals surface area contributed by atoms with Gasteiger partial charge < -0.3 is 9.26 Å². The average molecular weight is 358 g/mol. The SMILES string of the molecule is Cc1cc(C)c(C(C)(C)CC(=O)OCC(C)C)c(OP(=O)(O)O)c1. The fraction of sp³-hybridized carbons (Fsp3) is 0.588. The monoisotopic (exact) mass is 358 g/mol. The topological polar surface area (TPSA) is 93.1 Å². The molecular formula is C17H27O6P. The highest BCUT2D eigenvalue weighted by molar-refractivity contribution is 7.46. The van der Waals surface area contributed by atoms with Crippen LogP contribution in [-0.4, -0.2) is 22.4 Å². The first kappa shape index (κ1) is 20.7. The fourth-order valence-corrected chi connectivity index (χ4v) is 3.16. The predicted molar refractivity (Wildman–Crippen MR) is 92.0 cm³/mol. The number of phosphoric acid groups is 1. The molecule has 6 nitrogen and oxygen atoms in total. The van der Waals surface area contributed by atoms with E-state index in [1.807, 2.05) is 47.6 Å². The van der Waals surface area contributed by atoms with Gasteiger partial charge in [0.1, 0.15) is 5.75 Å². The number of phosphoric ester groups is 1. The van der Waals surface area contributed by atoms with Crippen molar-refractivity contribution in [3.8, 4) is 5.75 Å². The molecule has 1 aromatic rings. The molecule has 0 aliphatic heterocycles. The molecule has 0 radical (unpaired) electrons. The highest BCUT2D eigenvalue weighted by atomic mass is 31.2. The van der Waals surface area contributed by atoms with E-state index in [1.54, 1.807) is 6.07 Å². The second kappa shape index (κ2) is 7.68. The fourth-order valence-electron chi connectivity index (χ4n) is 2.76. The van der Waals surface area contributed by atoms with Crippen LogP contribution in [0.4, 0.5) is 0 Å². The van der Waals surface area contributed by atoms with E-state index >= 15 is 0 Å². The largest absolute Gasteiger partial charge is 0.524 e. The number of carbonyl (C=O) groups is 1. The molecule has 1 rings (SSSR count). The molecule has 0 fully saturated rings. The van der Waals surface area contributed by atoms with Crippen LogP contribution >= 0.6 is 7.82 Å². The standard InChI is InChI=1S/C17H27O6P/c1-11(2)10-22-15(18)9-17(5,6)16-13(4)7-12(3)8-14(16)23-24(19,20)21/h7-8,11H,9-10H2,1-6H3,(H2,19,20,21). The predicted octanol–water partition coefficient (Wildman–Crippen LogP) is 3.64. The highest BCUT2D eigenvalue weighted by Gasteiger charge is 2.32. The molecule has 24 heavy (non-hydrogen) atoms. The van der Waals surface area contributed by atoms with Gasteiger partial charge in [0.15, 0.2) is 0 Å². The van der Waals surface area contributed by atoms with Crippen LogP contribution < -0.4 is 4.52 Å². The Hall–Kier alpha value is -1.36. The van der Waals surface area contributed by atoms with E-state index in [0.29, 0.717) is 12.2 Å². The summed E-state index contributed by atoms with van der Waals surface area (Å²) in [6, 6.07) is 3.46. The van der Waals surface area contributed by atoms with Crippen molar-refractivity contribution in [1.82, 2.24) is 0 Å². The molecule has 0 amide bonds. The molecule has 0 atom stereocenters. The lowest BCUT2D eigenvalue weighted by molar-refractivity contribution is -0.146. The normalized spacial score (nSPS) is 12.4. The second-order valence-electron chi connectivity index (χ2n) is 7.17. The number of carbonyl (C=O) groups excluding carboxylic acids is 1.